The Balaban J connectivity index is 1.80. The number of nitrogens with one attached hydrogen (secondary N) is 2. The normalized spacial score (nSPS) is 21.7. The Morgan fingerprint density at radius 2 is 2.15 bits per heavy atom. The van der Waals surface area contributed by atoms with Crippen molar-refractivity contribution < 1.29 is 0 Å². The summed E-state index contributed by atoms with van der Waals surface area (Å²) >= 11 is 0. The molecule has 0 saturated carbocycles. The third-order valence-corrected chi connectivity index (χ3v) is 4.59. The smallest absolute Gasteiger partial charge is 0.0641 e. The number of aryl methyl sites for hydroxylation is 2. The van der Waals surface area contributed by atoms with Crippen LogP contribution in [0.25, 0.3) is 0 Å². The molecule has 1 saturated heterocycles. The molecular formula is C16H30N4. The van der Waals surface area contributed by atoms with E-state index in [2.05, 4.69) is 36.5 Å². The zero-order chi connectivity index (χ0) is 14.5. The van der Waals surface area contributed by atoms with Gasteiger partial charge in [0, 0.05) is 36.9 Å². The van der Waals surface area contributed by atoms with E-state index >= 15 is 0 Å². The lowest BCUT2D eigenvalue weighted by molar-refractivity contribution is 0.402. The lowest BCUT2D eigenvalue weighted by Gasteiger charge is -2.21. The topological polar surface area (TPSA) is 41.9 Å². The Kier molecular flexibility index (Phi) is 5.61. The fourth-order valence-corrected chi connectivity index (χ4v) is 3.16. The Morgan fingerprint density at radius 3 is 2.85 bits per heavy atom. The first-order chi connectivity index (χ1) is 9.58. The molecule has 0 bridgehead atoms. The molecule has 4 nitrogen and oxygen atoms in total. The van der Waals surface area contributed by atoms with Crippen molar-refractivity contribution in [2.24, 2.45) is 7.05 Å². The second kappa shape index (κ2) is 7.23. The minimum absolute atomic E-state index is 0.546. The van der Waals surface area contributed by atoms with E-state index in [1.165, 1.54) is 49.9 Å². The van der Waals surface area contributed by atoms with Crippen LogP contribution in [-0.2, 0) is 13.6 Å². The second-order valence-corrected chi connectivity index (χ2v) is 6.29. The first-order valence-corrected chi connectivity index (χ1v) is 8.03. The standard InChI is InChI=1S/C16H30N4/c1-12(10-15-8-6-5-7-9-17-15)18-11-16-13(2)19-20(4)14(16)3/h12,15,17-18H,5-11H2,1-4H3. The van der Waals surface area contributed by atoms with Gasteiger partial charge in [0.05, 0.1) is 5.69 Å². The predicted molar refractivity (Wildman–Crippen MR) is 83.9 cm³/mol. The summed E-state index contributed by atoms with van der Waals surface area (Å²) in [7, 11) is 2.02. The molecule has 2 atom stereocenters. The van der Waals surface area contributed by atoms with E-state index in [4.69, 9.17) is 0 Å². The molecule has 1 fully saturated rings. The lowest BCUT2D eigenvalue weighted by atomic mass is 10.0. The summed E-state index contributed by atoms with van der Waals surface area (Å²) in [6.45, 7) is 8.67. The maximum Gasteiger partial charge on any atom is 0.0641 e. The molecule has 1 aromatic rings. The summed E-state index contributed by atoms with van der Waals surface area (Å²) < 4.78 is 1.98. The van der Waals surface area contributed by atoms with Crippen molar-refractivity contribution in [3.05, 3.63) is 17.0 Å². The fraction of sp³-hybridized carbons (Fsp3) is 0.812. The highest BCUT2D eigenvalue weighted by molar-refractivity contribution is 5.24. The molecule has 1 aliphatic rings. The number of nitrogens with zero attached hydrogens (tertiary/aromatic N) is 2. The molecule has 4 heteroatoms. The summed E-state index contributed by atoms with van der Waals surface area (Å²) in [4.78, 5) is 0. The van der Waals surface area contributed by atoms with Gasteiger partial charge in [-0.3, -0.25) is 4.68 Å². The molecule has 0 aromatic carbocycles. The maximum atomic E-state index is 4.48. The number of aromatic nitrogens is 2. The van der Waals surface area contributed by atoms with Crippen molar-refractivity contribution in [2.45, 2.75) is 71.5 Å². The van der Waals surface area contributed by atoms with Crippen LogP contribution in [0.1, 0.15) is 56.0 Å². The zero-order valence-corrected chi connectivity index (χ0v) is 13.5. The fourth-order valence-electron chi connectivity index (χ4n) is 3.16. The van der Waals surface area contributed by atoms with E-state index in [0.29, 0.717) is 12.1 Å². The molecule has 2 rings (SSSR count). The molecule has 2 unspecified atom stereocenters. The van der Waals surface area contributed by atoms with Gasteiger partial charge >= 0.3 is 0 Å². The van der Waals surface area contributed by atoms with Gasteiger partial charge in [-0.05, 0) is 46.6 Å². The number of hydrogen-bond donors (Lipinski definition) is 2. The van der Waals surface area contributed by atoms with E-state index in [9.17, 15) is 0 Å². The van der Waals surface area contributed by atoms with Crippen molar-refractivity contribution >= 4 is 0 Å². The molecule has 1 aliphatic heterocycles. The maximum absolute atomic E-state index is 4.48. The Hall–Kier alpha value is -0.870. The summed E-state index contributed by atoms with van der Waals surface area (Å²) in [5, 5.41) is 11.8. The van der Waals surface area contributed by atoms with Crippen LogP contribution in [0, 0.1) is 13.8 Å². The lowest BCUT2D eigenvalue weighted by Crippen LogP contribution is -2.36. The minimum atomic E-state index is 0.546. The molecule has 114 valence electrons. The zero-order valence-electron chi connectivity index (χ0n) is 13.5. The quantitative estimate of drug-likeness (QED) is 0.869. The van der Waals surface area contributed by atoms with E-state index in [-0.39, 0.29) is 0 Å². The van der Waals surface area contributed by atoms with E-state index < -0.39 is 0 Å². The third kappa shape index (κ3) is 4.06. The van der Waals surface area contributed by atoms with E-state index in [1.54, 1.807) is 0 Å². The molecule has 0 aliphatic carbocycles. The molecule has 20 heavy (non-hydrogen) atoms. The summed E-state index contributed by atoms with van der Waals surface area (Å²) in [5.74, 6) is 0. The Bertz CT molecular complexity index is 416. The largest absolute Gasteiger partial charge is 0.314 e. The van der Waals surface area contributed by atoms with Crippen LogP contribution in [0.3, 0.4) is 0 Å². The number of hydrogen-bond acceptors (Lipinski definition) is 3. The first-order valence-electron chi connectivity index (χ1n) is 8.03. The van der Waals surface area contributed by atoms with Crippen LogP contribution in [0.4, 0.5) is 0 Å². The highest BCUT2D eigenvalue weighted by Crippen LogP contribution is 2.14. The predicted octanol–water partition coefficient (Wildman–Crippen LogP) is 2.44. The van der Waals surface area contributed by atoms with Crippen LogP contribution in [0.5, 0.6) is 0 Å². The highest BCUT2D eigenvalue weighted by atomic mass is 15.3. The van der Waals surface area contributed by atoms with Gasteiger partial charge in [0.2, 0.25) is 0 Å². The molecule has 2 N–H and O–H groups in total. The molecule has 0 radical (unpaired) electrons. The van der Waals surface area contributed by atoms with Crippen molar-refractivity contribution in [3.8, 4) is 0 Å². The molecule has 2 heterocycles. The van der Waals surface area contributed by atoms with Crippen LogP contribution in [0.2, 0.25) is 0 Å². The molecule has 1 aromatic heterocycles. The van der Waals surface area contributed by atoms with Gasteiger partial charge in [-0.2, -0.15) is 5.10 Å². The van der Waals surface area contributed by atoms with Crippen LogP contribution < -0.4 is 10.6 Å². The van der Waals surface area contributed by atoms with Crippen molar-refractivity contribution in [3.63, 3.8) is 0 Å². The first kappa shape index (κ1) is 15.5. The van der Waals surface area contributed by atoms with E-state index in [1.807, 2.05) is 11.7 Å². The van der Waals surface area contributed by atoms with Crippen LogP contribution >= 0.6 is 0 Å². The van der Waals surface area contributed by atoms with Crippen LogP contribution in [-0.4, -0.2) is 28.4 Å². The van der Waals surface area contributed by atoms with Gasteiger partial charge in [-0.25, -0.2) is 0 Å². The Morgan fingerprint density at radius 1 is 1.35 bits per heavy atom. The van der Waals surface area contributed by atoms with Gasteiger partial charge in [-0.1, -0.05) is 12.8 Å². The summed E-state index contributed by atoms with van der Waals surface area (Å²) in [6.07, 6.45) is 6.66. The van der Waals surface area contributed by atoms with Crippen molar-refractivity contribution in [1.29, 1.82) is 0 Å². The summed E-state index contributed by atoms with van der Waals surface area (Å²) in [6, 6.07) is 1.24. The number of rotatable bonds is 5. The average molecular weight is 278 g/mol. The molecular weight excluding hydrogens is 248 g/mol. The van der Waals surface area contributed by atoms with Crippen LogP contribution in [0.15, 0.2) is 0 Å². The monoisotopic (exact) mass is 278 g/mol. The molecule has 0 amide bonds. The van der Waals surface area contributed by atoms with Gasteiger partial charge in [0.25, 0.3) is 0 Å². The Labute approximate surface area is 123 Å². The van der Waals surface area contributed by atoms with Gasteiger partial charge in [-0.15, -0.1) is 0 Å². The summed E-state index contributed by atoms with van der Waals surface area (Å²) in [5.41, 5.74) is 3.78. The van der Waals surface area contributed by atoms with E-state index in [0.717, 1.165) is 12.2 Å². The van der Waals surface area contributed by atoms with Gasteiger partial charge < -0.3 is 10.6 Å². The van der Waals surface area contributed by atoms with Gasteiger partial charge in [0.15, 0.2) is 0 Å². The average Bonchev–Trinajstić information content (AvgIpc) is 2.62. The minimum Gasteiger partial charge on any atom is -0.314 e. The van der Waals surface area contributed by atoms with Gasteiger partial charge in [0.1, 0.15) is 0 Å². The second-order valence-electron chi connectivity index (χ2n) is 6.29. The third-order valence-electron chi connectivity index (χ3n) is 4.59. The highest BCUT2D eigenvalue weighted by Gasteiger charge is 2.16. The van der Waals surface area contributed by atoms with Crippen molar-refractivity contribution in [1.82, 2.24) is 20.4 Å². The van der Waals surface area contributed by atoms with Crippen molar-refractivity contribution in [2.75, 3.05) is 6.54 Å². The molecule has 0 spiro atoms. The SMILES string of the molecule is Cc1nn(C)c(C)c1CNC(C)CC1CCCCCN1.